The van der Waals surface area contributed by atoms with E-state index in [-0.39, 0.29) is 12.1 Å². The lowest BCUT2D eigenvalue weighted by molar-refractivity contribution is 0.363. The van der Waals surface area contributed by atoms with Crippen molar-refractivity contribution in [3.63, 3.8) is 0 Å². The van der Waals surface area contributed by atoms with Crippen LogP contribution in [0.3, 0.4) is 0 Å². The largest absolute Gasteiger partial charge is 0.371 e. The van der Waals surface area contributed by atoms with Crippen LogP contribution in [0.2, 0.25) is 0 Å². The van der Waals surface area contributed by atoms with Gasteiger partial charge >= 0.3 is 0 Å². The van der Waals surface area contributed by atoms with E-state index in [0.717, 1.165) is 24.6 Å². The number of aryl methyl sites for hydroxylation is 1. The molecule has 0 bridgehead atoms. The minimum Gasteiger partial charge on any atom is -0.371 e. The lowest BCUT2D eigenvalue weighted by atomic mass is 10.2. The Kier molecular flexibility index (Phi) is 4.02. The van der Waals surface area contributed by atoms with Gasteiger partial charge in [0.2, 0.25) is 5.89 Å². The fourth-order valence-electron chi connectivity index (χ4n) is 5.17. The Morgan fingerprint density at radius 3 is 2.74 bits per heavy atom. The van der Waals surface area contributed by atoms with Gasteiger partial charge in [0, 0.05) is 44.1 Å². The van der Waals surface area contributed by atoms with Gasteiger partial charge in [-0.1, -0.05) is 11.2 Å². The number of benzene rings is 1. The summed E-state index contributed by atoms with van der Waals surface area (Å²) in [4.78, 5) is 28.1. The number of fused-ring (bicyclic) bond motifs is 2. The molecular formula is C23H21N9O2. The van der Waals surface area contributed by atoms with Crippen LogP contribution < -0.4 is 10.5 Å². The van der Waals surface area contributed by atoms with Crippen LogP contribution in [0.25, 0.3) is 16.9 Å². The summed E-state index contributed by atoms with van der Waals surface area (Å²) >= 11 is 0. The fourth-order valence-corrected chi connectivity index (χ4v) is 5.17. The summed E-state index contributed by atoms with van der Waals surface area (Å²) in [5, 5.41) is 8.56. The molecule has 0 N–H and O–H groups in total. The third-order valence-electron chi connectivity index (χ3n) is 6.95. The minimum atomic E-state index is -0.180. The van der Waals surface area contributed by atoms with Gasteiger partial charge in [0.1, 0.15) is 12.9 Å². The van der Waals surface area contributed by atoms with E-state index < -0.39 is 0 Å². The molecule has 2 fully saturated rings. The number of nitrogens with zero attached hydrogens (tertiary/aromatic N) is 9. The fraction of sp³-hybridized carbons (Fsp3) is 0.304. The van der Waals surface area contributed by atoms with E-state index in [9.17, 15) is 4.79 Å². The Morgan fingerprint density at radius 1 is 1.09 bits per heavy atom. The van der Waals surface area contributed by atoms with Crippen molar-refractivity contribution in [2.24, 2.45) is 18.9 Å². The number of rotatable bonds is 5. The van der Waals surface area contributed by atoms with Gasteiger partial charge < -0.3 is 14.0 Å². The quantitative estimate of drug-likeness (QED) is 0.393. The molecule has 4 aromatic heterocycles. The van der Waals surface area contributed by atoms with Crippen molar-refractivity contribution in [3.05, 3.63) is 77.4 Å². The average Bonchev–Trinajstić information content (AvgIpc) is 3.47. The number of aromatic nitrogens is 8. The Hall–Kier alpha value is -4.28. The van der Waals surface area contributed by atoms with Crippen LogP contribution in [-0.4, -0.2) is 52.1 Å². The van der Waals surface area contributed by atoms with E-state index in [0.29, 0.717) is 34.8 Å². The summed E-state index contributed by atoms with van der Waals surface area (Å²) in [6.07, 6.45) is 6.79. The van der Waals surface area contributed by atoms with Crippen LogP contribution in [0.4, 0.5) is 5.69 Å². The van der Waals surface area contributed by atoms with Gasteiger partial charge in [-0.3, -0.25) is 9.36 Å². The second-order valence-electron chi connectivity index (χ2n) is 8.98. The lowest BCUT2D eigenvalue weighted by Crippen LogP contribution is -2.24. The lowest BCUT2D eigenvalue weighted by Gasteiger charge is -2.22. The molecule has 1 aliphatic heterocycles. The van der Waals surface area contributed by atoms with Crippen molar-refractivity contribution >= 4 is 16.9 Å². The SMILES string of the molecule is Cn1cnc2ncn(Cc3nc(C4C5CN(c6cccc(-n7cccn7)c6)CC54)no3)c(=O)c21. The molecule has 1 saturated carbocycles. The predicted octanol–water partition coefficient (Wildman–Crippen LogP) is 1.60. The monoisotopic (exact) mass is 455 g/mol. The van der Waals surface area contributed by atoms with E-state index >= 15 is 0 Å². The van der Waals surface area contributed by atoms with E-state index in [1.807, 2.05) is 16.9 Å². The van der Waals surface area contributed by atoms with Crippen LogP contribution in [0, 0.1) is 11.8 Å². The van der Waals surface area contributed by atoms with Crippen LogP contribution >= 0.6 is 0 Å². The van der Waals surface area contributed by atoms with Gasteiger partial charge in [-0.15, -0.1) is 0 Å². The Morgan fingerprint density at radius 2 is 1.91 bits per heavy atom. The highest BCUT2D eigenvalue weighted by molar-refractivity contribution is 5.68. The summed E-state index contributed by atoms with van der Waals surface area (Å²) < 4.78 is 10.5. The molecule has 2 aliphatic rings. The molecule has 2 unspecified atom stereocenters. The maximum Gasteiger partial charge on any atom is 0.280 e. The minimum absolute atomic E-state index is 0.180. The molecule has 11 nitrogen and oxygen atoms in total. The highest BCUT2D eigenvalue weighted by Crippen LogP contribution is 2.57. The second kappa shape index (κ2) is 7.11. The Labute approximate surface area is 193 Å². The number of hydrogen-bond donors (Lipinski definition) is 0. The Balaban J connectivity index is 1.05. The summed E-state index contributed by atoms with van der Waals surface area (Å²) in [5.41, 5.74) is 2.96. The molecule has 5 aromatic rings. The van der Waals surface area contributed by atoms with Crippen molar-refractivity contribution in [2.45, 2.75) is 12.5 Å². The molecule has 170 valence electrons. The van der Waals surface area contributed by atoms with E-state index in [4.69, 9.17) is 4.52 Å². The summed E-state index contributed by atoms with van der Waals surface area (Å²) in [5.74, 6) is 2.46. The molecule has 5 heterocycles. The number of piperidine rings is 1. The standard InChI is InChI=1S/C23H21N9O2/c1-29-12-24-22-20(29)23(33)31(13-25-22)11-18-27-21(28-34-18)19-16-9-30(10-17(16)19)14-4-2-5-15(8-14)32-7-3-6-26-32/h2-8,12-13,16-17,19H,9-11H2,1H3. The Bertz CT molecular complexity index is 1550. The topological polar surface area (TPSA) is 113 Å². The predicted molar refractivity (Wildman–Crippen MR) is 122 cm³/mol. The molecule has 0 amide bonds. The van der Waals surface area contributed by atoms with Crippen molar-refractivity contribution in [1.29, 1.82) is 0 Å². The van der Waals surface area contributed by atoms with E-state index in [1.165, 1.54) is 16.6 Å². The van der Waals surface area contributed by atoms with Crippen molar-refractivity contribution < 1.29 is 4.52 Å². The summed E-state index contributed by atoms with van der Waals surface area (Å²) in [6.45, 7) is 2.11. The maximum absolute atomic E-state index is 12.8. The van der Waals surface area contributed by atoms with Crippen LogP contribution in [0.5, 0.6) is 0 Å². The number of anilines is 1. The first kappa shape index (κ1) is 19.2. The molecule has 7 rings (SSSR count). The van der Waals surface area contributed by atoms with Crippen LogP contribution in [0.1, 0.15) is 17.6 Å². The van der Waals surface area contributed by atoms with E-state index in [1.54, 1.807) is 24.1 Å². The maximum atomic E-state index is 12.8. The molecule has 34 heavy (non-hydrogen) atoms. The van der Waals surface area contributed by atoms with Crippen LogP contribution in [-0.2, 0) is 13.6 Å². The summed E-state index contributed by atoms with van der Waals surface area (Å²) in [7, 11) is 1.77. The molecular weight excluding hydrogens is 434 g/mol. The molecule has 1 saturated heterocycles. The zero-order valence-electron chi connectivity index (χ0n) is 18.4. The normalized spacial score (nSPS) is 21.3. The summed E-state index contributed by atoms with van der Waals surface area (Å²) in [6, 6.07) is 10.4. The first-order chi connectivity index (χ1) is 16.7. The smallest absolute Gasteiger partial charge is 0.280 e. The van der Waals surface area contributed by atoms with Gasteiger partial charge in [-0.2, -0.15) is 10.1 Å². The first-order valence-electron chi connectivity index (χ1n) is 11.2. The van der Waals surface area contributed by atoms with Crippen LogP contribution in [0.15, 0.2) is 64.7 Å². The highest BCUT2D eigenvalue weighted by atomic mass is 16.5. The molecule has 2 atom stereocenters. The number of hydrogen-bond acceptors (Lipinski definition) is 8. The highest BCUT2D eigenvalue weighted by Gasteiger charge is 2.58. The number of imidazole rings is 1. The van der Waals surface area contributed by atoms with Gasteiger partial charge in [-0.05, 0) is 36.1 Å². The average molecular weight is 455 g/mol. The van der Waals surface area contributed by atoms with Crippen molar-refractivity contribution in [2.75, 3.05) is 18.0 Å². The van der Waals surface area contributed by atoms with Gasteiger partial charge in [0.25, 0.3) is 5.56 Å². The zero-order valence-corrected chi connectivity index (χ0v) is 18.4. The molecule has 1 aromatic carbocycles. The molecule has 0 radical (unpaired) electrons. The van der Waals surface area contributed by atoms with Gasteiger partial charge in [-0.25, -0.2) is 14.6 Å². The van der Waals surface area contributed by atoms with Gasteiger partial charge in [0.15, 0.2) is 17.0 Å². The molecule has 0 spiro atoms. The zero-order chi connectivity index (χ0) is 22.8. The van der Waals surface area contributed by atoms with Crippen molar-refractivity contribution in [1.82, 2.24) is 39.0 Å². The van der Waals surface area contributed by atoms with Gasteiger partial charge in [0.05, 0.1) is 12.0 Å². The van der Waals surface area contributed by atoms with E-state index in [2.05, 4.69) is 54.4 Å². The van der Waals surface area contributed by atoms with Crippen molar-refractivity contribution in [3.8, 4) is 5.69 Å². The molecule has 1 aliphatic carbocycles. The molecule has 11 heteroatoms. The third kappa shape index (κ3) is 2.96. The second-order valence-corrected chi connectivity index (χ2v) is 8.98. The third-order valence-corrected chi connectivity index (χ3v) is 6.95. The first-order valence-corrected chi connectivity index (χ1v) is 11.2.